The van der Waals surface area contributed by atoms with Gasteiger partial charge in [-0.3, -0.25) is 9.48 Å². The van der Waals surface area contributed by atoms with Crippen LogP contribution in [-0.4, -0.2) is 21.9 Å². The molecule has 0 aliphatic carbocycles. The molecule has 1 heterocycles. The smallest absolute Gasteiger partial charge is 0.338 e. The highest BCUT2D eigenvalue weighted by Gasteiger charge is 2.17. The fourth-order valence-electron chi connectivity index (χ4n) is 2.71. The van der Waals surface area contributed by atoms with Crippen molar-refractivity contribution in [3.8, 4) is 11.4 Å². The Balaban J connectivity index is 1.85. The number of hydrogen-bond acceptors (Lipinski definition) is 4. The second-order valence-corrected chi connectivity index (χ2v) is 6.57. The number of carbonyl (C=O) groups excluding carboxylic acids is 1. The fourth-order valence-corrected chi connectivity index (χ4v) is 3.25. The third kappa shape index (κ3) is 3.98. The first-order chi connectivity index (χ1) is 13.0. The maximum Gasteiger partial charge on any atom is 0.338 e. The van der Waals surface area contributed by atoms with Gasteiger partial charge in [0.1, 0.15) is 16.8 Å². The van der Waals surface area contributed by atoms with E-state index in [2.05, 4.69) is 15.9 Å². The molecule has 0 aliphatic rings. The molecular formula is C20H19BrN2O4. The minimum atomic E-state index is -0.397. The van der Waals surface area contributed by atoms with Crippen molar-refractivity contribution < 1.29 is 14.3 Å². The van der Waals surface area contributed by atoms with E-state index in [1.165, 1.54) is 0 Å². The molecule has 140 valence electrons. The predicted octanol–water partition coefficient (Wildman–Crippen LogP) is 3.69. The number of hydrogen-bond donors (Lipinski definition) is 0. The number of nitrogens with zero attached hydrogens (tertiary/aromatic N) is 2. The number of esters is 1. The number of carbonyl (C=O) groups is 1. The van der Waals surface area contributed by atoms with E-state index >= 15 is 0 Å². The first kappa shape index (κ1) is 19.0. The van der Waals surface area contributed by atoms with Crippen LogP contribution < -0.4 is 10.3 Å². The average Bonchev–Trinajstić information content (AvgIpc) is 2.90. The summed E-state index contributed by atoms with van der Waals surface area (Å²) in [6.45, 7) is 2.23. The molecule has 2 aromatic carbocycles. The minimum absolute atomic E-state index is 0.164. The van der Waals surface area contributed by atoms with Gasteiger partial charge in [-0.1, -0.05) is 24.3 Å². The van der Waals surface area contributed by atoms with E-state index < -0.39 is 5.97 Å². The van der Waals surface area contributed by atoms with E-state index in [1.54, 1.807) is 47.6 Å². The van der Waals surface area contributed by atoms with E-state index in [-0.39, 0.29) is 12.2 Å². The molecule has 27 heavy (non-hydrogen) atoms. The Morgan fingerprint density at radius 2 is 1.85 bits per heavy atom. The second kappa shape index (κ2) is 8.26. The molecule has 0 spiro atoms. The van der Waals surface area contributed by atoms with Crippen LogP contribution in [0.4, 0.5) is 0 Å². The maximum atomic E-state index is 12.6. The van der Waals surface area contributed by atoms with Gasteiger partial charge in [-0.05, 0) is 53.2 Å². The normalized spacial score (nSPS) is 10.6. The summed E-state index contributed by atoms with van der Waals surface area (Å²) in [6, 6.07) is 16.1. The lowest BCUT2D eigenvalue weighted by molar-refractivity contribution is 0.0526. The summed E-state index contributed by atoms with van der Waals surface area (Å²) in [4.78, 5) is 24.5. The van der Waals surface area contributed by atoms with Gasteiger partial charge in [0.05, 0.1) is 23.6 Å². The molecule has 0 amide bonds. The first-order valence-corrected chi connectivity index (χ1v) is 9.24. The highest BCUT2D eigenvalue weighted by Crippen LogP contribution is 2.20. The highest BCUT2D eigenvalue weighted by molar-refractivity contribution is 9.10. The van der Waals surface area contributed by atoms with E-state index in [0.717, 1.165) is 5.69 Å². The Morgan fingerprint density at radius 1 is 1.11 bits per heavy atom. The molecule has 6 nitrogen and oxygen atoms in total. The molecule has 0 radical (unpaired) electrons. The minimum Gasteiger partial charge on any atom is -0.487 e. The predicted molar refractivity (Wildman–Crippen MR) is 105 cm³/mol. The zero-order chi connectivity index (χ0) is 19.4. The van der Waals surface area contributed by atoms with Crippen LogP contribution in [0.5, 0.6) is 5.75 Å². The van der Waals surface area contributed by atoms with Crippen LogP contribution in [-0.2, 0) is 18.4 Å². The molecule has 0 saturated carbocycles. The Labute approximate surface area is 165 Å². The molecular weight excluding hydrogens is 412 g/mol. The van der Waals surface area contributed by atoms with Crippen LogP contribution >= 0.6 is 15.9 Å². The second-order valence-electron chi connectivity index (χ2n) is 5.77. The van der Waals surface area contributed by atoms with Gasteiger partial charge in [-0.25, -0.2) is 9.48 Å². The summed E-state index contributed by atoms with van der Waals surface area (Å²) in [5.41, 5.74) is 1.71. The number of aromatic nitrogens is 2. The summed E-state index contributed by atoms with van der Waals surface area (Å²) in [5.74, 6) is 0.124. The van der Waals surface area contributed by atoms with Gasteiger partial charge in [-0.15, -0.1) is 0 Å². The highest BCUT2D eigenvalue weighted by atomic mass is 79.9. The van der Waals surface area contributed by atoms with Gasteiger partial charge >= 0.3 is 5.97 Å². The largest absolute Gasteiger partial charge is 0.487 e. The van der Waals surface area contributed by atoms with Gasteiger partial charge in [0.15, 0.2) is 0 Å². The third-order valence-corrected chi connectivity index (χ3v) is 4.84. The average molecular weight is 431 g/mol. The van der Waals surface area contributed by atoms with Crippen molar-refractivity contribution in [3.63, 3.8) is 0 Å². The molecule has 7 heteroatoms. The van der Waals surface area contributed by atoms with Crippen molar-refractivity contribution in [3.05, 3.63) is 80.7 Å². The lowest BCUT2D eigenvalue weighted by atomic mass is 10.2. The first-order valence-electron chi connectivity index (χ1n) is 8.44. The number of benzene rings is 2. The van der Waals surface area contributed by atoms with Crippen LogP contribution in [0.15, 0.2) is 63.9 Å². The monoisotopic (exact) mass is 430 g/mol. The number of halogens is 1. The quantitative estimate of drug-likeness (QED) is 0.559. The summed E-state index contributed by atoms with van der Waals surface area (Å²) < 4.78 is 14.6. The number of rotatable bonds is 6. The van der Waals surface area contributed by atoms with Crippen LogP contribution in [0.25, 0.3) is 5.69 Å². The van der Waals surface area contributed by atoms with Crippen molar-refractivity contribution in [1.29, 1.82) is 0 Å². The maximum absolute atomic E-state index is 12.6. The summed E-state index contributed by atoms with van der Waals surface area (Å²) in [5, 5.41) is 0. The SMILES string of the molecule is CCOC(=O)c1cccc(OCc2c(Br)c(=O)n(-c3ccccc3)n2C)c1. The number of para-hydroxylation sites is 1. The van der Waals surface area contributed by atoms with Crippen molar-refractivity contribution >= 4 is 21.9 Å². The van der Waals surface area contributed by atoms with Crippen LogP contribution in [0.1, 0.15) is 23.0 Å². The van der Waals surface area contributed by atoms with Gasteiger partial charge < -0.3 is 9.47 Å². The summed E-state index contributed by atoms with van der Waals surface area (Å²) >= 11 is 3.37. The van der Waals surface area contributed by atoms with Crippen molar-refractivity contribution in [2.75, 3.05) is 6.61 Å². The topological polar surface area (TPSA) is 62.5 Å². The van der Waals surface area contributed by atoms with Crippen molar-refractivity contribution in [2.24, 2.45) is 7.05 Å². The van der Waals surface area contributed by atoms with E-state index in [1.807, 2.05) is 30.3 Å². The van der Waals surface area contributed by atoms with E-state index in [4.69, 9.17) is 9.47 Å². The molecule has 1 aromatic heterocycles. The zero-order valence-electron chi connectivity index (χ0n) is 15.0. The van der Waals surface area contributed by atoms with Crippen molar-refractivity contribution in [1.82, 2.24) is 9.36 Å². The van der Waals surface area contributed by atoms with Crippen LogP contribution in [0.2, 0.25) is 0 Å². The van der Waals surface area contributed by atoms with Gasteiger partial charge in [0.25, 0.3) is 5.56 Å². The Hall–Kier alpha value is -2.80. The summed E-state index contributed by atoms with van der Waals surface area (Å²) in [7, 11) is 1.80. The molecule has 0 bridgehead atoms. The molecule has 3 rings (SSSR count). The fraction of sp³-hybridized carbons (Fsp3) is 0.200. The molecule has 0 N–H and O–H groups in total. The van der Waals surface area contributed by atoms with Crippen molar-refractivity contribution in [2.45, 2.75) is 13.5 Å². The van der Waals surface area contributed by atoms with Crippen LogP contribution in [0.3, 0.4) is 0 Å². The molecule has 0 saturated heterocycles. The Bertz CT molecular complexity index is 1010. The van der Waals surface area contributed by atoms with Gasteiger partial charge in [0.2, 0.25) is 0 Å². The number of ether oxygens (including phenoxy) is 2. The van der Waals surface area contributed by atoms with Gasteiger partial charge in [0, 0.05) is 7.05 Å². The lowest BCUT2D eigenvalue weighted by Crippen LogP contribution is -2.19. The molecule has 0 atom stereocenters. The van der Waals surface area contributed by atoms with E-state index in [0.29, 0.717) is 28.1 Å². The zero-order valence-corrected chi connectivity index (χ0v) is 16.6. The Kier molecular flexibility index (Phi) is 5.81. The molecule has 0 fully saturated rings. The van der Waals surface area contributed by atoms with Crippen LogP contribution in [0, 0.1) is 0 Å². The van der Waals surface area contributed by atoms with E-state index in [9.17, 15) is 9.59 Å². The Morgan fingerprint density at radius 3 is 2.56 bits per heavy atom. The third-order valence-electron chi connectivity index (χ3n) is 4.05. The molecule has 0 unspecified atom stereocenters. The molecule has 3 aromatic rings. The lowest BCUT2D eigenvalue weighted by Gasteiger charge is -2.11. The standard InChI is InChI=1S/C20H19BrN2O4/c1-3-26-20(25)14-8-7-11-16(12-14)27-13-17-18(21)19(24)23(22(17)2)15-9-5-4-6-10-15/h4-12H,3,13H2,1-2H3. The molecule has 0 aliphatic heterocycles. The summed E-state index contributed by atoms with van der Waals surface area (Å²) in [6.07, 6.45) is 0. The van der Waals surface area contributed by atoms with Gasteiger partial charge in [-0.2, -0.15) is 0 Å².